The number of amides is 1. The minimum atomic E-state index is -0.313. The van der Waals surface area contributed by atoms with Crippen LogP contribution >= 0.6 is 0 Å². The molecule has 0 aliphatic carbocycles. The number of rotatable bonds is 5. The number of piperidine rings is 1. The first kappa shape index (κ1) is 16.2. The molecule has 2 aliphatic rings. The van der Waals surface area contributed by atoms with Crippen molar-refractivity contribution in [3.63, 3.8) is 0 Å². The zero-order chi connectivity index (χ0) is 15.1. The molecule has 0 spiro atoms. The van der Waals surface area contributed by atoms with Gasteiger partial charge in [0.2, 0.25) is 5.91 Å². The number of likely N-dealkylation sites (tertiary alicyclic amines) is 1. The molecule has 0 saturated carbocycles. The van der Waals surface area contributed by atoms with Crippen LogP contribution in [0.25, 0.3) is 0 Å². The number of nitrogens with zero attached hydrogens (tertiary/aromatic N) is 3. The summed E-state index contributed by atoms with van der Waals surface area (Å²) in [5.74, 6) is 0.111. The molecular formula is C15H27N5O. The predicted octanol–water partition coefficient (Wildman–Crippen LogP) is -0.0962. The van der Waals surface area contributed by atoms with Gasteiger partial charge in [0.25, 0.3) is 0 Å². The lowest BCUT2D eigenvalue weighted by molar-refractivity contribution is -0.133. The minimum absolute atomic E-state index is 0.111. The zero-order valence-electron chi connectivity index (χ0n) is 12.8. The van der Waals surface area contributed by atoms with Crippen LogP contribution in [0.4, 0.5) is 0 Å². The van der Waals surface area contributed by atoms with E-state index in [0.717, 1.165) is 26.1 Å². The Bertz CT molecular complexity index is 379. The van der Waals surface area contributed by atoms with Crippen molar-refractivity contribution in [2.45, 2.75) is 44.2 Å². The van der Waals surface area contributed by atoms with E-state index in [2.05, 4.69) is 16.3 Å². The minimum Gasteiger partial charge on any atom is -0.330 e. The molecule has 3 N–H and O–H groups in total. The quantitative estimate of drug-likeness (QED) is 0.739. The van der Waals surface area contributed by atoms with E-state index >= 15 is 0 Å². The third-order valence-electron chi connectivity index (χ3n) is 4.57. The van der Waals surface area contributed by atoms with Crippen molar-refractivity contribution in [3.8, 4) is 6.07 Å². The molecule has 2 atom stereocenters. The molecule has 0 aromatic rings. The Hall–Kier alpha value is -1.16. The van der Waals surface area contributed by atoms with Crippen LogP contribution in [0.15, 0.2) is 0 Å². The lowest BCUT2D eigenvalue weighted by Gasteiger charge is -2.37. The van der Waals surface area contributed by atoms with Crippen LogP contribution in [-0.2, 0) is 4.79 Å². The smallest absolute Gasteiger partial charge is 0.225 e. The topological polar surface area (TPSA) is 85.4 Å². The fourth-order valence-corrected chi connectivity index (χ4v) is 3.37. The second kappa shape index (κ2) is 8.32. The Balaban J connectivity index is 1.83. The van der Waals surface area contributed by atoms with Gasteiger partial charge in [-0.2, -0.15) is 5.26 Å². The molecular weight excluding hydrogens is 266 g/mol. The maximum Gasteiger partial charge on any atom is 0.225 e. The number of nitriles is 1. The van der Waals surface area contributed by atoms with Crippen molar-refractivity contribution in [3.05, 3.63) is 0 Å². The van der Waals surface area contributed by atoms with Crippen LogP contribution in [0.1, 0.15) is 32.1 Å². The predicted molar refractivity (Wildman–Crippen MR) is 81.5 cm³/mol. The Labute approximate surface area is 127 Å². The molecule has 1 amide bonds. The van der Waals surface area contributed by atoms with Gasteiger partial charge in [-0.15, -0.1) is 0 Å². The lowest BCUT2D eigenvalue weighted by atomic mass is 9.99. The van der Waals surface area contributed by atoms with Crippen molar-refractivity contribution >= 4 is 5.91 Å². The summed E-state index contributed by atoms with van der Waals surface area (Å²) in [6.07, 6.45) is 5.20. The van der Waals surface area contributed by atoms with Gasteiger partial charge in [0.05, 0.1) is 6.07 Å². The summed E-state index contributed by atoms with van der Waals surface area (Å²) < 4.78 is 0. The molecule has 2 aliphatic heterocycles. The number of nitrogens with one attached hydrogen (secondary N) is 1. The molecule has 0 bridgehead atoms. The molecule has 118 valence electrons. The average Bonchev–Trinajstić information content (AvgIpc) is 2.54. The zero-order valence-corrected chi connectivity index (χ0v) is 12.8. The number of piperazine rings is 1. The molecule has 0 radical (unpaired) electrons. The summed E-state index contributed by atoms with van der Waals surface area (Å²) in [5, 5.41) is 12.3. The first-order valence-electron chi connectivity index (χ1n) is 8.10. The second-order valence-electron chi connectivity index (χ2n) is 5.95. The van der Waals surface area contributed by atoms with Gasteiger partial charge >= 0.3 is 0 Å². The van der Waals surface area contributed by atoms with Gasteiger partial charge in [-0.3, -0.25) is 9.69 Å². The third kappa shape index (κ3) is 4.40. The Morgan fingerprint density at radius 1 is 1.38 bits per heavy atom. The van der Waals surface area contributed by atoms with Gasteiger partial charge in [0.1, 0.15) is 6.04 Å². The summed E-state index contributed by atoms with van der Waals surface area (Å²) >= 11 is 0. The number of carbonyl (C=O) groups excluding carboxylic acids is 1. The van der Waals surface area contributed by atoms with Crippen molar-refractivity contribution < 1.29 is 4.79 Å². The van der Waals surface area contributed by atoms with Crippen molar-refractivity contribution in [1.82, 2.24) is 15.1 Å². The maximum atomic E-state index is 12.4. The van der Waals surface area contributed by atoms with Gasteiger partial charge in [0, 0.05) is 38.6 Å². The first-order valence-corrected chi connectivity index (χ1v) is 8.10. The molecule has 6 nitrogen and oxygen atoms in total. The van der Waals surface area contributed by atoms with E-state index in [9.17, 15) is 4.79 Å². The van der Waals surface area contributed by atoms with E-state index in [-0.39, 0.29) is 11.9 Å². The Morgan fingerprint density at radius 3 is 3.00 bits per heavy atom. The summed E-state index contributed by atoms with van der Waals surface area (Å²) in [7, 11) is 0. The fraction of sp³-hybridized carbons (Fsp3) is 0.867. The summed E-state index contributed by atoms with van der Waals surface area (Å²) in [6, 6.07) is 2.44. The van der Waals surface area contributed by atoms with Crippen LogP contribution < -0.4 is 11.1 Å². The number of hydrogen-bond acceptors (Lipinski definition) is 5. The summed E-state index contributed by atoms with van der Waals surface area (Å²) in [5.41, 5.74) is 5.69. The highest BCUT2D eigenvalue weighted by Crippen LogP contribution is 2.19. The van der Waals surface area contributed by atoms with Crippen LogP contribution in [0, 0.1) is 11.3 Å². The highest BCUT2D eigenvalue weighted by atomic mass is 16.2. The standard InChI is InChI=1S/C15H27N5O/c16-6-4-13-3-1-2-8-19(13)9-5-15(21)20-10-7-18-12-14(20)11-17/h13-14,18H,1-10,12,16H2. The highest BCUT2D eigenvalue weighted by Gasteiger charge is 2.27. The Kier molecular flexibility index (Phi) is 6.43. The van der Waals surface area contributed by atoms with Crippen molar-refractivity contribution in [2.75, 3.05) is 39.3 Å². The van der Waals surface area contributed by atoms with E-state index in [1.54, 1.807) is 4.90 Å². The molecule has 21 heavy (non-hydrogen) atoms. The van der Waals surface area contributed by atoms with Crippen LogP contribution in [-0.4, -0.2) is 67.1 Å². The molecule has 0 aromatic carbocycles. The first-order chi connectivity index (χ1) is 10.3. The molecule has 0 aromatic heterocycles. The maximum absolute atomic E-state index is 12.4. The molecule has 2 heterocycles. The Morgan fingerprint density at radius 2 is 2.24 bits per heavy atom. The number of nitrogens with two attached hydrogens (primary N) is 1. The molecule has 2 unspecified atom stereocenters. The van der Waals surface area contributed by atoms with E-state index in [1.807, 2.05) is 0 Å². The monoisotopic (exact) mass is 293 g/mol. The fourth-order valence-electron chi connectivity index (χ4n) is 3.37. The van der Waals surface area contributed by atoms with E-state index in [1.165, 1.54) is 19.3 Å². The van der Waals surface area contributed by atoms with Gasteiger partial charge in [-0.1, -0.05) is 6.42 Å². The third-order valence-corrected chi connectivity index (χ3v) is 4.57. The van der Waals surface area contributed by atoms with Crippen molar-refractivity contribution in [2.24, 2.45) is 5.73 Å². The van der Waals surface area contributed by atoms with Crippen molar-refractivity contribution in [1.29, 1.82) is 5.26 Å². The van der Waals surface area contributed by atoms with Gasteiger partial charge in [-0.05, 0) is 32.4 Å². The number of carbonyl (C=O) groups is 1. The number of hydrogen-bond donors (Lipinski definition) is 2. The molecule has 6 heteroatoms. The largest absolute Gasteiger partial charge is 0.330 e. The summed E-state index contributed by atoms with van der Waals surface area (Å²) in [6.45, 7) is 4.59. The van der Waals surface area contributed by atoms with E-state index in [4.69, 9.17) is 11.0 Å². The second-order valence-corrected chi connectivity index (χ2v) is 5.95. The van der Waals surface area contributed by atoms with Crippen LogP contribution in [0.5, 0.6) is 0 Å². The summed E-state index contributed by atoms with van der Waals surface area (Å²) in [4.78, 5) is 16.5. The normalized spacial score (nSPS) is 27.3. The highest BCUT2D eigenvalue weighted by molar-refractivity contribution is 5.77. The average molecular weight is 293 g/mol. The van der Waals surface area contributed by atoms with Crippen LogP contribution in [0.2, 0.25) is 0 Å². The van der Waals surface area contributed by atoms with E-state index < -0.39 is 0 Å². The molecule has 2 fully saturated rings. The van der Waals surface area contributed by atoms with E-state index in [0.29, 0.717) is 32.1 Å². The molecule has 2 rings (SSSR count). The van der Waals surface area contributed by atoms with Gasteiger partial charge < -0.3 is 16.0 Å². The van der Waals surface area contributed by atoms with Gasteiger partial charge in [-0.25, -0.2) is 0 Å². The molecule has 2 saturated heterocycles. The van der Waals surface area contributed by atoms with Gasteiger partial charge in [0.15, 0.2) is 0 Å². The SMILES string of the molecule is N#CC1CNCCN1C(=O)CCN1CCCCC1CCN. The van der Waals surface area contributed by atoms with Crippen LogP contribution in [0.3, 0.4) is 0 Å². The lowest BCUT2D eigenvalue weighted by Crippen LogP contribution is -2.53.